The van der Waals surface area contributed by atoms with Gasteiger partial charge in [0.05, 0.1) is 18.4 Å². The lowest BCUT2D eigenvalue weighted by molar-refractivity contribution is -0.144. The maximum atomic E-state index is 13.0. The largest absolute Gasteiger partial charge is 0.466 e. The van der Waals surface area contributed by atoms with Crippen LogP contribution in [-0.2, 0) is 27.9 Å². The molecule has 0 bridgehead atoms. The van der Waals surface area contributed by atoms with Crippen LogP contribution in [0.5, 0.6) is 5.88 Å². The maximum Gasteiger partial charge on any atom is 0.307 e. The van der Waals surface area contributed by atoms with Crippen molar-refractivity contribution in [3.8, 4) is 5.88 Å². The van der Waals surface area contributed by atoms with Crippen LogP contribution in [0.15, 0.2) is 30.6 Å². The molecule has 3 aromatic heterocycles. The van der Waals surface area contributed by atoms with Crippen LogP contribution in [0.25, 0.3) is 11.0 Å². The Balaban J connectivity index is 1.74. The van der Waals surface area contributed by atoms with Gasteiger partial charge in [-0.05, 0) is 44.0 Å². The standard InChI is InChI=1S/C22H27N5O4/c1-5-30-19(29)8-10-27(13-17-7-6-9-23-12-17)18(28)14-31-22-20-15(2)11-16(3)24-21(20)26(4)25-22/h6-7,9,11-12H,5,8,10,13-14H2,1-4H3. The van der Waals surface area contributed by atoms with Gasteiger partial charge in [0.25, 0.3) is 5.91 Å². The van der Waals surface area contributed by atoms with Crippen molar-refractivity contribution >= 4 is 22.9 Å². The molecule has 9 heteroatoms. The van der Waals surface area contributed by atoms with E-state index in [1.165, 1.54) is 0 Å². The summed E-state index contributed by atoms with van der Waals surface area (Å²) in [5.41, 5.74) is 3.43. The van der Waals surface area contributed by atoms with Gasteiger partial charge in [-0.15, -0.1) is 5.10 Å². The molecule has 0 saturated heterocycles. The highest BCUT2D eigenvalue weighted by molar-refractivity contribution is 5.86. The zero-order valence-electron chi connectivity index (χ0n) is 18.3. The summed E-state index contributed by atoms with van der Waals surface area (Å²) in [4.78, 5) is 34.9. The highest BCUT2D eigenvalue weighted by Crippen LogP contribution is 2.27. The lowest BCUT2D eigenvalue weighted by Gasteiger charge is -2.22. The molecule has 0 radical (unpaired) electrons. The number of hydrogen-bond acceptors (Lipinski definition) is 7. The first kappa shape index (κ1) is 22.2. The number of rotatable bonds is 9. The Labute approximate surface area is 181 Å². The van der Waals surface area contributed by atoms with Crippen LogP contribution in [0.2, 0.25) is 0 Å². The minimum atomic E-state index is -0.347. The van der Waals surface area contributed by atoms with E-state index in [1.807, 2.05) is 26.0 Å². The molecule has 1 amide bonds. The van der Waals surface area contributed by atoms with Crippen molar-refractivity contribution in [2.75, 3.05) is 19.8 Å². The Kier molecular flexibility index (Phi) is 7.17. The highest BCUT2D eigenvalue weighted by Gasteiger charge is 2.20. The van der Waals surface area contributed by atoms with Crippen molar-refractivity contribution in [1.82, 2.24) is 24.6 Å². The third-order valence-electron chi connectivity index (χ3n) is 4.76. The minimum absolute atomic E-state index is 0.106. The fourth-order valence-corrected chi connectivity index (χ4v) is 3.33. The second-order valence-corrected chi connectivity index (χ2v) is 7.23. The first-order valence-electron chi connectivity index (χ1n) is 10.1. The number of carbonyl (C=O) groups is 2. The fraction of sp³-hybridized carbons (Fsp3) is 0.409. The molecule has 3 rings (SSSR count). The van der Waals surface area contributed by atoms with Crippen LogP contribution in [0.1, 0.15) is 30.2 Å². The van der Waals surface area contributed by atoms with Gasteiger partial charge in [-0.2, -0.15) is 0 Å². The molecule has 3 aromatic rings. The molecular formula is C22H27N5O4. The van der Waals surface area contributed by atoms with Crippen LogP contribution in [0.3, 0.4) is 0 Å². The number of esters is 1. The SMILES string of the molecule is CCOC(=O)CCN(Cc1cccnc1)C(=O)COc1nn(C)c2nc(C)cc(C)c12. The maximum absolute atomic E-state index is 13.0. The average Bonchev–Trinajstić information content (AvgIpc) is 3.06. The van der Waals surface area contributed by atoms with Crippen LogP contribution in [-0.4, -0.2) is 56.3 Å². The Hall–Kier alpha value is -3.49. The molecule has 3 heterocycles. The second-order valence-electron chi connectivity index (χ2n) is 7.23. The van der Waals surface area contributed by atoms with E-state index in [2.05, 4.69) is 15.1 Å². The number of pyridine rings is 2. The molecule has 0 fully saturated rings. The molecule has 0 N–H and O–H groups in total. The molecule has 0 spiro atoms. The summed E-state index contributed by atoms with van der Waals surface area (Å²) in [5, 5.41) is 5.17. The summed E-state index contributed by atoms with van der Waals surface area (Å²) < 4.78 is 12.4. The first-order chi connectivity index (χ1) is 14.9. The van der Waals surface area contributed by atoms with E-state index in [-0.39, 0.29) is 31.4 Å². The number of aryl methyl sites for hydroxylation is 3. The molecule has 0 aliphatic rings. The number of hydrogen-bond donors (Lipinski definition) is 0. The van der Waals surface area contributed by atoms with Crippen molar-refractivity contribution in [2.24, 2.45) is 7.05 Å². The van der Waals surface area contributed by atoms with Crippen molar-refractivity contribution < 1.29 is 19.1 Å². The van der Waals surface area contributed by atoms with Crippen molar-refractivity contribution in [2.45, 2.75) is 33.7 Å². The van der Waals surface area contributed by atoms with E-state index in [0.717, 1.165) is 22.2 Å². The van der Waals surface area contributed by atoms with Gasteiger partial charge in [0, 0.05) is 38.2 Å². The van der Waals surface area contributed by atoms with Gasteiger partial charge in [-0.1, -0.05) is 6.07 Å². The molecule has 0 unspecified atom stereocenters. The summed E-state index contributed by atoms with van der Waals surface area (Å²) in [6.45, 7) is 6.27. The van der Waals surface area contributed by atoms with Crippen LogP contribution >= 0.6 is 0 Å². The van der Waals surface area contributed by atoms with E-state index in [1.54, 1.807) is 42.0 Å². The zero-order valence-corrected chi connectivity index (χ0v) is 18.3. The van der Waals surface area contributed by atoms with E-state index < -0.39 is 0 Å². The van der Waals surface area contributed by atoms with E-state index >= 15 is 0 Å². The zero-order chi connectivity index (χ0) is 22.4. The van der Waals surface area contributed by atoms with Gasteiger partial charge in [-0.3, -0.25) is 14.6 Å². The van der Waals surface area contributed by atoms with Gasteiger partial charge in [-0.25, -0.2) is 9.67 Å². The normalized spacial score (nSPS) is 10.8. The van der Waals surface area contributed by atoms with Crippen LogP contribution < -0.4 is 4.74 Å². The molecule has 0 atom stereocenters. The number of aromatic nitrogens is 4. The third kappa shape index (κ3) is 5.56. The average molecular weight is 425 g/mol. The number of fused-ring (bicyclic) bond motifs is 1. The Morgan fingerprint density at radius 1 is 1.26 bits per heavy atom. The summed E-state index contributed by atoms with van der Waals surface area (Å²) in [7, 11) is 1.79. The highest BCUT2D eigenvalue weighted by atomic mass is 16.5. The molecule has 31 heavy (non-hydrogen) atoms. The van der Waals surface area contributed by atoms with Crippen LogP contribution in [0, 0.1) is 13.8 Å². The molecular weight excluding hydrogens is 398 g/mol. The number of carbonyl (C=O) groups excluding carboxylic acids is 2. The molecule has 9 nitrogen and oxygen atoms in total. The summed E-state index contributed by atoms with van der Waals surface area (Å²) in [6.07, 6.45) is 3.46. The monoisotopic (exact) mass is 425 g/mol. The molecule has 0 aliphatic heterocycles. The summed E-state index contributed by atoms with van der Waals surface area (Å²) >= 11 is 0. The summed E-state index contributed by atoms with van der Waals surface area (Å²) in [6, 6.07) is 5.63. The Bertz CT molecular complexity index is 1060. The number of ether oxygens (including phenoxy) is 2. The van der Waals surface area contributed by atoms with E-state index in [0.29, 0.717) is 24.7 Å². The van der Waals surface area contributed by atoms with Gasteiger partial charge >= 0.3 is 5.97 Å². The quantitative estimate of drug-likeness (QED) is 0.485. The number of amides is 1. The summed E-state index contributed by atoms with van der Waals surface area (Å²) in [5.74, 6) is -0.243. The van der Waals surface area contributed by atoms with Crippen molar-refractivity contribution in [3.05, 3.63) is 47.4 Å². The topological polar surface area (TPSA) is 99.4 Å². The van der Waals surface area contributed by atoms with Gasteiger partial charge in [0.15, 0.2) is 12.3 Å². The lowest BCUT2D eigenvalue weighted by Crippen LogP contribution is -2.36. The second kappa shape index (κ2) is 10.0. The van der Waals surface area contributed by atoms with Crippen LogP contribution in [0.4, 0.5) is 0 Å². The molecule has 164 valence electrons. The predicted octanol–water partition coefficient (Wildman–Crippen LogP) is 2.34. The lowest BCUT2D eigenvalue weighted by atomic mass is 10.2. The predicted molar refractivity (Wildman–Crippen MR) is 114 cm³/mol. The first-order valence-corrected chi connectivity index (χ1v) is 10.1. The van der Waals surface area contributed by atoms with Gasteiger partial charge in [0.2, 0.25) is 5.88 Å². The molecule has 0 aromatic carbocycles. The number of nitrogens with zero attached hydrogens (tertiary/aromatic N) is 5. The van der Waals surface area contributed by atoms with Gasteiger partial charge in [0.1, 0.15) is 0 Å². The van der Waals surface area contributed by atoms with E-state index in [9.17, 15) is 9.59 Å². The smallest absolute Gasteiger partial charge is 0.307 e. The minimum Gasteiger partial charge on any atom is -0.466 e. The van der Waals surface area contributed by atoms with E-state index in [4.69, 9.17) is 9.47 Å². The Morgan fingerprint density at radius 2 is 2.06 bits per heavy atom. The Morgan fingerprint density at radius 3 is 2.77 bits per heavy atom. The fourth-order valence-electron chi connectivity index (χ4n) is 3.33. The van der Waals surface area contributed by atoms with Crippen molar-refractivity contribution in [1.29, 1.82) is 0 Å². The van der Waals surface area contributed by atoms with Gasteiger partial charge < -0.3 is 14.4 Å². The molecule has 0 saturated carbocycles. The third-order valence-corrected chi connectivity index (χ3v) is 4.76. The van der Waals surface area contributed by atoms with Crippen molar-refractivity contribution in [3.63, 3.8) is 0 Å². The molecule has 0 aliphatic carbocycles.